The SMILES string of the molecule is Cc1ccc(C(N)c2cccs2)c(=O)n1C1CCCCC1. The lowest BCUT2D eigenvalue weighted by Crippen LogP contribution is -2.33. The van der Waals surface area contributed by atoms with Crippen molar-refractivity contribution in [1.82, 2.24) is 4.57 Å². The molecule has 1 unspecified atom stereocenters. The summed E-state index contributed by atoms with van der Waals surface area (Å²) < 4.78 is 1.99. The van der Waals surface area contributed by atoms with Crippen LogP contribution in [0.4, 0.5) is 0 Å². The third-order valence-electron chi connectivity index (χ3n) is 4.47. The molecule has 0 radical (unpaired) electrons. The zero-order valence-electron chi connectivity index (χ0n) is 12.4. The minimum Gasteiger partial charge on any atom is -0.319 e. The predicted molar refractivity (Wildman–Crippen MR) is 87.9 cm³/mol. The van der Waals surface area contributed by atoms with E-state index in [2.05, 4.69) is 0 Å². The first-order valence-electron chi connectivity index (χ1n) is 7.69. The summed E-state index contributed by atoms with van der Waals surface area (Å²) in [7, 11) is 0. The van der Waals surface area contributed by atoms with Gasteiger partial charge in [0, 0.05) is 22.2 Å². The van der Waals surface area contributed by atoms with Gasteiger partial charge in [0.05, 0.1) is 6.04 Å². The summed E-state index contributed by atoms with van der Waals surface area (Å²) in [6.45, 7) is 2.02. The van der Waals surface area contributed by atoms with Gasteiger partial charge in [-0.2, -0.15) is 0 Å². The Morgan fingerprint density at radius 2 is 2.00 bits per heavy atom. The minimum absolute atomic E-state index is 0.0998. The normalized spacial score (nSPS) is 17.8. The standard InChI is InChI=1S/C17H22N2OS/c1-12-9-10-14(16(18)15-8-5-11-21-15)17(20)19(12)13-6-3-2-4-7-13/h5,8-11,13,16H,2-4,6-7,18H2,1H3. The molecule has 0 spiro atoms. The van der Waals surface area contributed by atoms with Gasteiger partial charge in [-0.25, -0.2) is 0 Å². The Balaban J connectivity index is 2.01. The van der Waals surface area contributed by atoms with Gasteiger partial charge in [0.25, 0.3) is 5.56 Å². The van der Waals surface area contributed by atoms with Crippen molar-refractivity contribution in [2.75, 3.05) is 0 Å². The summed E-state index contributed by atoms with van der Waals surface area (Å²) in [6.07, 6.45) is 5.95. The van der Waals surface area contributed by atoms with Crippen LogP contribution in [0.1, 0.15) is 60.3 Å². The molecule has 0 amide bonds. The largest absolute Gasteiger partial charge is 0.319 e. The van der Waals surface area contributed by atoms with E-state index in [9.17, 15) is 4.79 Å². The maximum Gasteiger partial charge on any atom is 0.256 e. The Morgan fingerprint density at radius 3 is 2.67 bits per heavy atom. The molecule has 2 aromatic rings. The number of nitrogens with zero attached hydrogens (tertiary/aromatic N) is 1. The highest BCUT2D eigenvalue weighted by atomic mass is 32.1. The van der Waals surface area contributed by atoms with Gasteiger partial charge in [-0.1, -0.05) is 25.3 Å². The highest BCUT2D eigenvalue weighted by Crippen LogP contribution is 2.29. The summed E-state index contributed by atoms with van der Waals surface area (Å²) >= 11 is 1.61. The van der Waals surface area contributed by atoms with Gasteiger partial charge in [-0.05, 0) is 43.3 Å². The van der Waals surface area contributed by atoms with Crippen LogP contribution in [-0.4, -0.2) is 4.57 Å². The van der Waals surface area contributed by atoms with Gasteiger partial charge in [0.15, 0.2) is 0 Å². The summed E-state index contributed by atoms with van der Waals surface area (Å²) in [5.74, 6) is 0. The molecule has 1 aliphatic rings. The van der Waals surface area contributed by atoms with Crippen molar-refractivity contribution in [3.05, 3.63) is 56.1 Å². The molecule has 2 aromatic heterocycles. The maximum absolute atomic E-state index is 12.9. The molecule has 112 valence electrons. The summed E-state index contributed by atoms with van der Waals surface area (Å²) in [6, 6.07) is 7.96. The van der Waals surface area contributed by atoms with E-state index in [1.807, 2.05) is 41.1 Å². The van der Waals surface area contributed by atoms with E-state index in [0.717, 1.165) is 23.4 Å². The molecule has 3 rings (SSSR count). The topological polar surface area (TPSA) is 48.0 Å². The van der Waals surface area contributed by atoms with E-state index >= 15 is 0 Å². The number of nitrogens with two attached hydrogens (primary N) is 1. The van der Waals surface area contributed by atoms with Crippen LogP contribution in [0, 0.1) is 6.92 Å². The molecule has 0 saturated heterocycles. The zero-order chi connectivity index (χ0) is 14.8. The number of hydrogen-bond donors (Lipinski definition) is 1. The van der Waals surface area contributed by atoms with Crippen LogP contribution in [0.25, 0.3) is 0 Å². The van der Waals surface area contributed by atoms with Crippen LogP contribution in [0.5, 0.6) is 0 Å². The monoisotopic (exact) mass is 302 g/mol. The number of hydrogen-bond acceptors (Lipinski definition) is 3. The van der Waals surface area contributed by atoms with Crippen molar-refractivity contribution in [2.45, 2.75) is 51.1 Å². The Bertz CT molecular complexity index is 654. The van der Waals surface area contributed by atoms with E-state index in [1.54, 1.807) is 11.3 Å². The van der Waals surface area contributed by atoms with Crippen molar-refractivity contribution in [2.24, 2.45) is 5.73 Å². The molecule has 0 bridgehead atoms. The van der Waals surface area contributed by atoms with Gasteiger partial charge in [0.2, 0.25) is 0 Å². The fraction of sp³-hybridized carbons (Fsp3) is 0.471. The molecule has 1 fully saturated rings. The number of thiophene rings is 1. The van der Waals surface area contributed by atoms with Gasteiger partial charge in [-0.3, -0.25) is 4.79 Å². The number of aryl methyl sites for hydroxylation is 1. The molecule has 21 heavy (non-hydrogen) atoms. The highest BCUT2D eigenvalue weighted by Gasteiger charge is 2.21. The van der Waals surface area contributed by atoms with Crippen LogP contribution >= 0.6 is 11.3 Å². The molecule has 1 aliphatic carbocycles. The molecule has 2 N–H and O–H groups in total. The fourth-order valence-corrected chi connectivity index (χ4v) is 4.06. The van der Waals surface area contributed by atoms with Crippen LogP contribution in [0.15, 0.2) is 34.4 Å². The Kier molecular flexibility index (Phi) is 4.27. The van der Waals surface area contributed by atoms with E-state index in [4.69, 9.17) is 5.73 Å². The Hall–Kier alpha value is -1.39. The van der Waals surface area contributed by atoms with Crippen LogP contribution in [0.3, 0.4) is 0 Å². The molecular formula is C17H22N2OS. The summed E-state index contributed by atoms with van der Waals surface area (Å²) in [5.41, 5.74) is 8.17. The first-order valence-corrected chi connectivity index (χ1v) is 8.57. The molecule has 4 heteroatoms. The quantitative estimate of drug-likeness (QED) is 0.938. The lowest BCUT2D eigenvalue weighted by atomic mass is 9.94. The Morgan fingerprint density at radius 1 is 1.24 bits per heavy atom. The average molecular weight is 302 g/mol. The molecule has 1 saturated carbocycles. The minimum atomic E-state index is -0.312. The smallest absolute Gasteiger partial charge is 0.256 e. The second-order valence-corrected chi connectivity index (χ2v) is 6.87. The second-order valence-electron chi connectivity index (χ2n) is 5.89. The van der Waals surface area contributed by atoms with Crippen molar-refractivity contribution in [3.8, 4) is 0 Å². The highest BCUT2D eigenvalue weighted by molar-refractivity contribution is 7.10. The summed E-state index contributed by atoms with van der Waals surface area (Å²) in [4.78, 5) is 14.0. The van der Waals surface area contributed by atoms with E-state index in [-0.39, 0.29) is 11.6 Å². The first kappa shape index (κ1) is 14.5. The van der Waals surface area contributed by atoms with Crippen LogP contribution < -0.4 is 11.3 Å². The van der Waals surface area contributed by atoms with Gasteiger partial charge in [0.1, 0.15) is 0 Å². The zero-order valence-corrected chi connectivity index (χ0v) is 13.2. The van der Waals surface area contributed by atoms with Crippen molar-refractivity contribution >= 4 is 11.3 Å². The van der Waals surface area contributed by atoms with Crippen molar-refractivity contribution in [1.29, 1.82) is 0 Å². The van der Waals surface area contributed by atoms with E-state index in [1.165, 1.54) is 19.3 Å². The van der Waals surface area contributed by atoms with E-state index < -0.39 is 0 Å². The van der Waals surface area contributed by atoms with Gasteiger partial charge < -0.3 is 10.3 Å². The summed E-state index contributed by atoms with van der Waals surface area (Å²) in [5, 5.41) is 2.00. The average Bonchev–Trinajstić information content (AvgIpc) is 3.02. The van der Waals surface area contributed by atoms with Crippen LogP contribution in [-0.2, 0) is 0 Å². The fourth-order valence-electron chi connectivity index (χ4n) is 3.31. The number of pyridine rings is 1. The van der Waals surface area contributed by atoms with Gasteiger partial charge >= 0.3 is 0 Å². The maximum atomic E-state index is 12.9. The molecule has 3 nitrogen and oxygen atoms in total. The second kappa shape index (κ2) is 6.16. The molecular weight excluding hydrogens is 280 g/mol. The van der Waals surface area contributed by atoms with E-state index in [0.29, 0.717) is 11.6 Å². The number of rotatable bonds is 3. The Labute approximate surface area is 129 Å². The third kappa shape index (κ3) is 2.83. The van der Waals surface area contributed by atoms with Crippen LogP contribution in [0.2, 0.25) is 0 Å². The molecule has 0 aromatic carbocycles. The lowest BCUT2D eigenvalue weighted by Gasteiger charge is -2.27. The first-order chi connectivity index (χ1) is 10.2. The van der Waals surface area contributed by atoms with Gasteiger partial charge in [-0.15, -0.1) is 11.3 Å². The number of aromatic nitrogens is 1. The molecule has 0 aliphatic heterocycles. The molecule has 1 atom stereocenters. The third-order valence-corrected chi connectivity index (χ3v) is 5.43. The van der Waals surface area contributed by atoms with Crippen molar-refractivity contribution < 1.29 is 0 Å². The van der Waals surface area contributed by atoms with Crippen molar-refractivity contribution in [3.63, 3.8) is 0 Å². The predicted octanol–water partition coefficient (Wildman–Crippen LogP) is 3.77. The molecule has 2 heterocycles. The lowest BCUT2D eigenvalue weighted by molar-refractivity contribution is 0.340.